The number of imidazole rings is 1. The molecule has 0 aliphatic carbocycles. The normalized spacial score (nSPS) is 29.6. The molecule has 9 nitrogen and oxygen atoms in total. The molecule has 0 saturated carbocycles. The molecule has 0 amide bonds. The molecule has 1 saturated heterocycles. The van der Waals surface area contributed by atoms with E-state index in [9.17, 15) is 15.0 Å². The van der Waals surface area contributed by atoms with Gasteiger partial charge in [-0.3, -0.25) is 9.36 Å². The predicted molar refractivity (Wildman–Crippen MR) is 66.9 cm³/mol. The van der Waals surface area contributed by atoms with Crippen LogP contribution in [0.3, 0.4) is 0 Å². The molecule has 0 bridgehead atoms. The van der Waals surface area contributed by atoms with Crippen LogP contribution in [0.15, 0.2) is 17.4 Å². The third kappa shape index (κ3) is 2.39. The number of nitrogens with one attached hydrogen (secondary N) is 1. The number of fused-ring (bicyclic) bond motifs is 1. The number of H-pyrrole nitrogens is 1. The average molecular weight is 308 g/mol. The monoisotopic (exact) mass is 308 g/mol. The Morgan fingerprint density at radius 1 is 1.35 bits per heavy atom. The fraction of sp³-hybridized carbons (Fsp3) is 0.500. The van der Waals surface area contributed by atoms with Crippen molar-refractivity contribution in [1.82, 2.24) is 19.5 Å². The summed E-state index contributed by atoms with van der Waals surface area (Å²) in [5, 5.41) is 28.6. The SMILES string of the molecule is O=c1[nH]cnc2c1ncn2[C@@H]1O[C@H](CO)[C@@H](O)[C@H]1O.[Ca+2]. The van der Waals surface area contributed by atoms with E-state index in [0.29, 0.717) is 0 Å². The van der Waals surface area contributed by atoms with Gasteiger partial charge in [0, 0.05) is 0 Å². The molecular weight excluding hydrogens is 296 g/mol. The van der Waals surface area contributed by atoms with Crippen LogP contribution in [0.1, 0.15) is 6.23 Å². The van der Waals surface area contributed by atoms with Gasteiger partial charge in [0.05, 0.1) is 19.3 Å². The van der Waals surface area contributed by atoms with Crippen LogP contribution in [-0.2, 0) is 4.74 Å². The zero-order chi connectivity index (χ0) is 13.6. The topological polar surface area (TPSA) is 133 Å². The summed E-state index contributed by atoms with van der Waals surface area (Å²) in [5.41, 5.74) is -0.0608. The standard InChI is InChI=1S/C10H12N4O5.Ca/c15-1-4-6(16)7(17)10(19-4)14-3-13-5-8(14)11-2-12-9(5)18;/h2-4,6-7,10,15-17H,1H2,(H,11,12,18);/q;+2/t4-,6-,7-,10-;/m1./s1. The molecule has 0 aromatic carbocycles. The molecule has 20 heavy (non-hydrogen) atoms. The molecule has 4 N–H and O–H groups in total. The third-order valence-electron chi connectivity index (χ3n) is 3.16. The number of aliphatic hydroxyl groups is 3. The van der Waals surface area contributed by atoms with E-state index in [1.807, 2.05) is 0 Å². The van der Waals surface area contributed by atoms with Crippen molar-refractivity contribution < 1.29 is 20.1 Å². The summed E-state index contributed by atoms with van der Waals surface area (Å²) in [4.78, 5) is 21.8. The first-order valence-corrected chi connectivity index (χ1v) is 5.66. The van der Waals surface area contributed by atoms with Gasteiger partial charge in [-0.1, -0.05) is 0 Å². The van der Waals surface area contributed by atoms with Crippen LogP contribution in [-0.4, -0.2) is 97.5 Å². The molecule has 3 heterocycles. The van der Waals surface area contributed by atoms with Crippen molar-refractivity contribution in [1.29, 1.82) is 0 Å². The molecule has 102 valence electrons. The number of aromatic nitrogens is 4. The van der Waals surface area contributed by atoms with Gasteiger partial charge < -0.3 is 25.0 Å². The zero-order valence-corrected chi connectivity index (χ0v) is 12.6. The second-order valence-corrected chi connectivity index (χ2v) is 4.28. The van der Waals surface area contributed by atoms with Gasteiger partial charge in [-0.25, -0.2) is 9.97 Å². The van der Waals surface area contributed by atoms with Crippen LogP contribution in [0, 0.1) is 0 Å². The first-order chi connectivity index (χ1) is 9.13. The van der Waals surface area contributed by atoms with E-state index >= 15 is 0 Å². The molecule has 0 radical (unpaired) electrons. The van der Waals surface area contributed by atoms with Crippen LogP contribution in [0.4, 0.5) is 0 Å². The number of ether oxygens (including phenoxy) is 1. The fourth-order valence-corrected chi connectivity index (χ4v) is 2.16. The van der Waals surface area contributed by atoms with E-state index in [4.69, 9.17) is 9.84 Å². The number of aromatic amines is 1. The van der Waals surface area contributed by atoms with E-state index in [-0.39, 0.29) is 48.9 Å². The molecule has 4 atom stereocenters. The molecule has 1 aliphatic rings. The Morgan fingerprint density at radius 3 is 2.75 bits per heavy atom. The Bertz CT molecular complexity index is 658. The van der Waals surface area contributed by atoms with Crippen molar-refractivity contribution >= 4 is 48.9 Å². The minimum absolute atomic E-state index is 0. The Kier molecular flexibility index (Phi) is 4.80. The smallest absolute Gasteiger partial charge is 0.394 e. The number of aliphatic hydroxyl groups excluding tert-OH is 3. The van der Waals surface area contributed by atoms with Crippen LogP contribution in [0.5, 0.6) is 0 Å². The second kappa shape index (κ2) is 6.06. The summed E-state index contributed by atoms with van der Waals surface area (Å²) in [7, 11) is 0. The fourth-order valence-electron chi connectivity index (χ4n) is 2.16. The minimum atomic E-state index is -1.24. The van der Waals surface area contributed by atoms with Gasteiger partial charge in [0.2, 0.25) is 0 Å². The average Bonchev–Trinajstić information content (AvgIpc) is 2.94. The van der Waals surface area contributed by atoms with Gasteiger partial charge in [0.15, 0.2) is 17.4 Å². The summed E-state index contributed by atoms with van der Waals surface area (Å²) < 4.78 is 6.70. The van der Waals surface area contributed by atoms with Gasteiger partial charge in [0.25, 0.3) is 5.56 Å². The van der Waals surface area contributed by atoms with Crippen molar-refractivity contribution in [3.63, 3.8) is 0 Å². The van der Waals surface area contributed by atoms with Gasteiger partial charge in [-0.2, -0.15) is 0 Å². The summed E-state index contributed by atoms with van der Waals surface area (Å²) in [6, 6.07) is 0. The molecule has 3 rings (SSSR count). The van der Waals surface area contributed by atoms with E-state index in [1.165, 1.54) is 17.2 Å². The largest absolute Gasteiger partial charge is 2.00 e. The minimum Gasteiger partial charge on any atom is -0.394 e. The third-order valence-corrected chi connectivity index (χ3v) is 3.16. The van der Waals surface area contributed by atoms with Gasteiger partial charge in [-0.15, -0.1) is 0 Å². The van der Waals surface area contributed by atoms with Crippen molar-refractivity contribution in [2.45, 2.75) is 24.5 Å². The van der Waals surface area contributed by atoms with Crippen LogP contribution < -0.4 is 5.56 Å². The maximum Gasteiger partial charge on any atom is 2.00 e. The molecule has 1 fully saturated rings. The number of hydrogen-bond donors (Lipinski definition) is 4. The summed E-state index contributed by atoms with van der Waals surface area (Å²) >= 11 is 0. The Balaban J connectivity index is 0.00000147. The second-order valence-electron chi connectivity index (χ2n) is 4.28. The molecule has 0 unspecified atom stereocenters. The Morgan fingerprint density at radius 2 is 2.10 bits per heavy atom. The maximum absolute atomic E-state index is 11.5. The van der Waals surface area contributed by atoms with E-state index < -0.39 is 36.7 Å². The Hall–Kier alpha value is -0.550. The van der Waals surface area contributed by atoms with Gasteiger partial charge in [-0.05, 0) is 0 Å². The number of rotatable bonds is 2. The van der Waals surface area contributed by atoms with Crippen LogP contribution in [0.2, 0.25) is 0 Å². The Labute approximate surface area is 142 Å². The molecular formula is C10H12CaN4O5+2. The first-order valence-electron chi connectivity index (χ1n) is 5.66. The van der Waals surface area contributed by atoms with Gasteiger partial charge >= 0.3 is 37.7 Å². The van der Waals surface area contributed by atoms with Crippen molar-refractivity contribution in [3.8, 4) is 0 Å². The number of nitrogens with zero attached hydrogens (tertiary/aromatic N) is 3. The van der Waals surface area contributed by atoms with Crippen molar-refractivity contribution in [3.05, 3.63) is 23.0 Å². The van der Waals surface area contributed by atoms with Crippen LogP contribution >= 0.6 is 0 Å². The molecule has 1 aliphatic heterocycles. The number of hydrogen-bond acceptors (Lipinski definition) is 7. The predicted octanol–water partition coefficient (Wildman–Crippen LogP) is -2.65. The van der Waals surface area contributed by atoms with E-state index in [1.54, 1.807) is 0 Å². The first kappa shape index (κ1) is 15.8. The van der Waals surface area contributed by atoms with Crippen molar-refractivity contribution in [2.75, 3.05) is 6.61 Å². The van der Waals surface area contributed by atoms with E-state index in [2.05, 4.69) is 15.0 Å². The van der Waals surface area contributed by atoms with E-state index in [0.717, 1.165) is 0 Å². The van der Waals surface area contributed by atoms with Crippen molar-refractivity contribution in [2.24, 2.45) is 0 Å². The molecule has 10 heteroatoms. The van der Waals surface area contributed by atoms with Crippen LogP contribution in [0.25, 0.3) is 11.2 Å². The molecule has 2 aromatic heterocycles. The summed E-state index contributed by atoms with van der Waals surface area (Å²) in [5.74, 6) is 0. The quantitative estimate of drug-likeness (QED) is 0.445. The summed E-state index contributed by atoms with van der Waals surface area (Å²) in [6.45, 7) is -0.421. The molecule has 2 aromatic rings. The molecule has 0 spiro atoms. The summed E-state index contributed by atoms with van der Waals surface area (Å²) in [6.07, 6.45) is -1.78. The zero-order valence-electron chi connectivity index (χ0n) is 10.4. The maximum atomic E-state index is 11.5. The van der Waals surface area contributed by atoms with Gasteiger partial charge in [0.1, 0.15) is 18.3 Å².